The predicted molar refractivity (Wildman–Crippen MR) is 118 cm³/mol. The first-order valence-electron chi connectivity index (χ1n) is 9.85. The molecule has 2 N–H and O–H groups in total. The van der Waals surface area contributed by atoms with Gasteiger partial charge >= 0.3 is 0 Å². The van der Waals surface area contributed by atoms with E-state index in [2.05, 4.69) is 58.6 Å². The highest BCUT2D eigenvalue weighted by atomic mass is 16.6. The van der Waals surface area contributed by atoms with Gasteiger partial charge in [0.2, 0.25) is 0 Å². The predicted octanol–water partition coefficient (Wildman–Crippen LogP) is 3.67. The van der Waals surface area contributed by atoms with Crippen LogP contribution in [0.4, 0.5) is 17.1 Å². The molecule has 4 rings (SSSR count). The van der Waals surface area contributed by atoms with Gasteiger partial charge in [0.25, 0.3) is 5.69 Å². The number of hydrogen-bond donors (Lipinski definition) is 2. The molecule has 2 heterocycles. The molecular weight excluding hydrogens is 366 g/mol. The Hall–Kier alpha value is -3.19. The van der Waals surface area contributed by atoms with Crippen molar-refractivity contribution in [3.8, 4) is 0 Å². The van der Waals surface area contributed by atoms with Crippen molar-refractivity contribution < 1.29 is 4.92 Å². The summed E-state index contributed by atoms with van der Waals surface area (Å²) in [5, 5.41) is 18.0. The number of benzene rings is 2. The zero-order valence-electron chi connectivity index (χ0n) is 16.6. The molecule has 1 fully saturated rings. The van der Waals surface area contributed by atoms with Gasteiger partial charge < -0.3 is 15.5 Å². The lowest BCUT2D eigenvalue weighted by Crippen LogP contribution is -2.54. The average Bonchev–Trinajstić information content (AvgIpc) is 2.71. The molecule has 2 aromatic rings. The fraction of sp³-hybridized carbons (Fsp3) is 0.318. The maximum atomic E-state index is 11.1. The number of aliphatic imine (C=N–C) groups is 1. The minimum absolute atomic E-state index is 0.0915. The van der Waals surface area contributed by atoms with Gasteiger partial charge in [-0.05, 0) is 55.3 Å². The summed E-state index contributed by atoms with van der Waals surface area (Å²) in [6.07, 6.45) is 3.66. The number of piperazine rings is 1. The van der Waals surface area contributed by atoms with Crippen LogP contribution in [-0.2, 0) is 0 Å². The van der Waals surface area contributed by atoms with Crippen molar-refractivity contribution in [3.63, 3.8) is 0 Å². The minimum atomic E-state index is -0.367. The third-order valence-electron chi connectivity index (χ3n) is 5.29. The number of nitrogens with one attached hydrogen (secondary N) is 2. The van der Waals surface area contributed by atoms with Crippen molar-refractivity contribution in [1.29, 1.82) is 0 Å². The van der Waals surface area contributed by atoms with Crippen LogP contribution in [0, 0.1) is 10.1 Å². The van der Waals surface area contributed by atoms with E-state index in [9.17, 15) is 10.1 Å². The fourth-order valence-electron chi connectivity index (χ4n) is 3.98. The molecule has 0 radical (unpaired) electrons. The first-order chi connectivity index (χ1) is 14.0. The van der Waals surface area contributed by atoms with Crippen LogP contribution >= 0.6 is 0 Å². The summed E-state index contributed by atoms with van der Waals surface area (Å²) in [4.78, 5) is 17.5. The molecule has 150 valence electrons. The maximum Gasteiger partial charge on any atom is 0.270 e. The van der Waals surface area contributed by atoms with Gasteiger partial charge in [-0.1, -0.05) is 0 Å². The smallest absolute Gasteiger partial charge is 0.270 e. The van der Waals surface area contributed by atoms with Crippen LogP contribution in [0.15, 0.2) is 53.7 Å². The van der Waals surface area contributed by atoms with Gasteiger partial charge in [0.15, 0.2) is 0 Å². The van der Waals surface area contributed by atoms with Crippen LogP contribution in [0.5, 0.6) is 0 Å². The average molecular weight is 391 g/mol. The molecule has 2 aliphatic rings. The number of rotatable bonds is 4. The second-order valence-corrected chi connectivity index (χ2v) is 7.73. The van der Waals surface area contributed by atoms with Gasteiger partial charge in [-0.3, -0.25) is 15.1 Å². The van der Waals surface area contributed by atoms with E-state index in [0.29, 0.717) is 18.6 Å². The SMILES string of the molecule is CC1CN(c2ccc(NC=C3CN=Cc4ccc([N+](=O)[O-])cc43)cc2)CC(C)N1. The maximum absolute atomic E-state index is 11.1. The van der Waals surface area contributed by atoms with Crippen LogP contribution in [0.25, 0.3) is 5.57 Å². The molecule has 0 bridgehead atoms. The van der Waals surface area contributed by atoms with Crippen LogP contribution in [0.3, 0.4) is 0 Å². The van der Waals surface area contributed by atoms with E-state index in [1.807, 2.05) is 6.20 Å². The van der Waals surface area contributed by atoms with Crippen molar-refractivity contribution in [3.05, 3.63) is 69.9 Å². The second kappa shape index (κ2) is 8.05. The second-order valence-electron chi connectivity index (χ2n) is 7.73. The van der Waals surface area contributed by atoms with E-state index < -0.39 is 0 Å². The number of hydrogen-bond acceptors (Lipinski definition) is 6. The van der Waals surface area contributed by atoms with Crippen LogP contribution in [0.2, 0.25) is 0 Å². The minimum Gasteiger partial charge on any atom is -0.368 e. The van der Waals surface area contributed by atoms with Crippen molar-refractivity contribution in [2.75, 3.05) is 29.9 Å². The summed E-state index contributed by atoms with van der Waals surface area (Å²) in [6.45, 7) is 6.90. The Bertz CT molecular complexity index is 958. The number of nitro groups is 1. The molecule has 0 aromatic heterocycles. The summed E-state index contributed by atoms with van der Waals surface area (Å²) < 4.78 is 0. The Labute approximate surface area is 170 Å². The lowest BCUT2D eigenvalue weighted by molar-refractivity contribution is -0.384. The molecule has 1 saturated heterocycles. The molecule has 0 aliphatic carbocycles. The van der Waals surface area contributed by atoms with Crippen molar-refractivity contribution in [2.45, 2.75) is 25.9 Å². The molecule has 29 heavy (non-hydrogen) atoms. The number of anilines is 2. The summed E-state index contributed by atoms with van der Waals surface area (Å²) in [6, 6.07) is 14.2. The largest absolute Gasteiger partial charge is 0.368 e. The molecule has 2 atom stereocenters. The fourth-order valence-corrected chi connectivity index (χ4v) is 3.98. The highest BCUT2D eigenvalue weighted by Crippen LogP contribution is 2.27. The highest BCUT2D eigenvalue weighted by molar-refractivity contribution is 5.93. The van der Waals surface area contributed by atoms with Gasteiger partial charge in [-0.25, -0.2) is 0 Å². The Morgan fingerprint density at radius 3 is 2.59 bits per heavy atom. The van der Waals surface area contributed by atoms with E-state index in [1.54, 1.807) is 18.3 Å². The lowest BCUT2D eigenvalue weighted by atomic mass is 9.98. The van der Waals surface area contributed by atoms with Crippen LogP contribution in [0.1, 0.15) is 25.0 Å². The zero-order chi connectivity index (χ0) is 20.4. The molecule has 2 aliphatic heterocycles. The molecular formula is C22H25N5O2. The van der Waals surface area contributed by atoms with Gasteiger partial charge in [0.05, 0.1) is 11.5 Å². The van der Waals surface area contributed by atoms with E-state index in [4.69, 9.17) is 0 Å². The van der Waals surface area contributed by atoms with Gasteiger partial charge in [0, 0.05) is 66.7 Å². The Kier molecular flexibility index (Phi) is 5.31. The van der Waals surface area contributed by atoms with Gasteiger partial charge in [-0.15, -0.1) is 0 Å². The monoisotopic (exact) mass is 391 g/mol. The normalized spacial score (nSPS) is 22.4. The standard InChI is InChI=1S/C22H25N5O2/c1-15-13-26(14-16(2)25-15)20-7-4-19(5-8-20)24-12-18-11-23-10-17-3-6-21(27(28)29)9-22(17)18/h3-10,12,15-16,24-25H,11,13-14H2,1-2H3. The molecule has 7 nitrogen and oxygen atoms in total. The van der Waals surface area contributed by atoms with Gasteiger partial charge in [0.1, 0.15) is 0 Å². The van der Waals surface area contributed by atoms with Crippen molar-refractivity contribution in [1.82, 2.24) is 5.32 Å². The summed E-state index contributed by atoms with van der Waals surface area (Å²) >= 11 is 0. The van der Waals surface area contributed by atoms with E-state index in [0.717, 1.165) is 35.5 Å². The first-order valence-corrected chi connectivity index (χ1v) is 9.85. The molecule has 2 unspecified atom stereocenters. The molecule has 0 saturated carbocycles. The van der Waals surface area contributed by atoms with Crippen molar-refractivity contribution in [2.24, 2.45) is 4.99 Å². The quantitative estimate of drug-likeness (QED) is 0.614. The molecule has 2 aromatic carbocycles. The molecule has 7 heteroatoms. The Morgan fingerprint density at radius 1 is 1.17 bits per heavy atom. The van der Waals surface area contributed by atoms with E-state index in [-0.39, 0.29) is 10.6 Å². The molecule has 0 amide bonds. The Balaban J connectivity index is 1.49. The third-order valence-corrected chi connectivity index (χ3v) is 5.29. The van der Waals surface area contributed by atoms with E-state index in [1.165, 1.54) is 11.8 Å². The number of non-ortho nitro benzene ring substituents is 1. The van der Waals surface area contributed by atoms with E-state index >= 15 is 0 Å². The zero-order valence-corrected chi connectivity index (χ0v) is 16.6. The number of nitrogens with zero attached hydrogens (tertiary/aromatic N) is 3. The summed E-state index contributed by atoms with van der Waals surface area (Å²) in [5.74, 6) is 0. The lowest BCUT2D eigenvalue weighted by Gasteiger charge is -2.37. The summed E-state index contributed by atoms with van der Waals surface area (Å²) in [7, 11) is 0. The first kappa shape index (κ1) is 19.1. The van der Waals surface area contributed by atoms with Crippen molar-refractivity contribution >= 4 is 28.8 Å². The topological polar surface area (TPSA) is 82.8 Å². The Morgan fingerprint density at radius 2 is 1.90 bits per heavy atom. The van der Waals surface area contributed by atoms with Crippen LogP contribution < -0.4 is 15.5 Å². The number of nitro benzene ring substituents is 1. The highest BCUT2D eigenvalue weighted by Gasteiger charge is 2.21. The van der Waals surface area contributed by atoms with Crippen LogP contribution in [-0.4, -0.2) is 42.9 Å². The third kappa shape index (κ3) is 4.30. The number of fused-ring (bicyclic) bond motifs is 1. The molecule has 0 spiro atoms. The summed E-state index contributed by atoms with van der Waals surface area (Å²) in [5.41, 5.74) is 4.95. The van der Waals surface area contributed by atoms with Gasteiger partial charge in [-0.2, -0.15) is 0 Å².